The molecular formula is C15H20O2. The molecule has 0 amide bonds. The van der Waals surface area contributed by atoms with E-state index in [-0.39, 0.29) is 6.10 Å². The highest BCUT2D eigenvalue weighted by atomic mass is 16.5. The van der Waals surface area contributed by atoms with Crippen molar-refractivity contribution in [3.8, 4) is 5.75 Å². The van der Waals surface area contributed by atoms with E-state index in [1.807, 2.05) is 12.1 Å². The zero-order chi connectivity index (χ0) is 12.3. The lowest BCUT2D eigenvalue weighted by Crippen LogP contribution is -2.09. The van der Waals surface area contributed by atoms with Gasteiger partial charge >= 0.3 is 0 Å². The fraction of sp³-hybridized carbons (Fsp3) is 0.467. The van der Waals surface area contributed by atoms with Crippen LogP contribution in [0.5, 0.6) is 5.75 Å². The molecule has 0 heterocycles. The molecule has 0 aromatic heterocycles. The molecule has 2 nitrogen and oxygen atoms in total. The Morgan fingerprint density at radius 2 is 2.29 bits per heavy atom. The number of aliphatic hydroxyl groups excluding tert-OH is 1. The summed E-state index contributed by atoms with van der Waals surface area (Å²) in [4.78, 5) is 0. The number of ether oxygens (including phenoxy) is 1. The SMILES string of the molecule is CC(C)=CCOc1ccc2c(c1)C(O)CCC2. The molecule has 0 saturated carbocycles. The minimum atomic E-state index is -0.314. The lowest BCUT2D eigenvalue weighted by atomic mass is 9.89. The maximum absolute atomic E-state index is 9.93. The van der Waals surface area contributed by atoms with E-state index in [1.165, 1.54) is 11.1 Å². The van der Waals surface area contributed by atoms with E-state index >= 15 is 0 Å². The monoisotopic (exact) mass is 232 g/mol. The van der Waals surface area contributed by atoms with Crippen molar-refractivity contribution in [3.63, 3.8) is 0 Å². The number of hydrogen-bond acceptors (Lipinski definition) is 2. The maximum atomic E-state index is 9.93. The summed E-state index contributed by atoms with van der Waals surface area (Å²) in [5.41, 5.74) is 3.56. The molecule has 1 aromatic carbocycles. The van der Waals surface area contributed by atoms with Crippen molar-refractivity contribution in [1.82, 2.24) is 0 Å². The van der Waals surface area contributed by atoms with Crippen molar-refractivity contribution in [2.45, 2.75) is 39.2 Å². The number of aliphatic hydroxyl groups is 1. The second-order valence-electron chi connectivity index (χ2n) is 4.86. The fourth-order valence-electron chi connectivity index (χ4n) is 2.15. The third kappa shape index (κ3) is 3.10. The van der Waals surface area contributed by atoms with Gasteiger partial charge in [-0.05, 0) is 62.4 Å². The topological polar surface area (TPSA) is 29.5 Å². The van der Waals surface area contributed by atoms with Gasteiger partial charge in [-0.1, -0.05) is 11.6 Å². The summed E-state index contributed by atoms with van der Waals surface area (Å²) in [6, 6.07) is 6.06. The van der Waals surface area contributed by atoms with Crippen LogP contribution in [0.3, 0.4) is 0 Å². The summed E-state index contributed by atoms with van der Waals surface area (Å²) in [6.07, 6.45) is 4.75. The molecule has 1 aliphatic carbocycles. The highest BCUT2D eigenvalue weighted by Crippen LogP contribution is 2.32. The lowest BCUT2D eigenvalue weighted by Gasteiger charge is -2.21. The zero-order valence-electron chi connectivity index (χ0n) is 10.6. The molecule has 0 radical (unpaired) electrons. The van der Waals surface area contributed by atoms with Gasteiger partial charge in [-0.25, -0.2) is 0 Å². The van der Waals surface area contributed by atoms with Crippen molar-refractivity contribution in [2.75, 3.05) is 6.61 Å². The molecule has 0 fully saturated rings. The number of rotatable bonds is 3. The summed E-state index contributed by atoms with van der Waals surface area (Å²) < 4.78 is 5.64. The first-order valence-electron chi connectivity index (χ1n) is 6.24. The molecule has 92 valence electrons. The smallest absolute Gasteiger partial charge is 0.120 e. The Balaban J connectivity index is 2.10. The first kappa shape index (κ1) is 12.2. The molecule has 2 rings (SSSR count). The third-order valence-corrected chi connectivity index (χ3v) is 3.14. The molecule has 1 N–H and O–H groups in total. The Morgan fingerprint density at radius 1 is 1.47 bits per heavy atom. The Morgan fingerprint density at radius 3 is 3.06 bits per heavy atom. The van der Waals surface area contributed by atoms with Gasteiger partial charge in [0.1, 0.15) is 12.4 Å². The van der Waals surface area contributed by atoms with Crippen molar-refractivity contribution in [3.05, 3.63) is 41.0 Å². The van der Waals surface area contributed by atoms with Crippen LogP contribution in [0.25, 0.3) is 0 Å². The predicted molar refractivity (Wildman–Crippen MR) is 69.3 cm³/mol. The standard InChI is InChI=1S/C15H20O2/c1-11(2)8-9-17-13-7-6-12-4-3-5-15(16)14(12)10-13/h6-8,10,15-16H,3-5,9H2,1-2H3. The summed E-state index contributed by atoms with van der Waals surface area (Å²) >= 11 is 0. The normalized spacial score (nSPS) is 18.4. The molecule has 0 saturated heterocycles. The number of allylic oxidation sites excluding steroid dienone is 1. The van der Waals surface area contributed by atoms with Crippen LogP contribution in [0.2, 0.25) is 0 Å². The number of hydrogen-bond donors (Lipinski definition) is 1. The van der Waals surface area contributed by atoms with Crippen LogP contribution in [-0.4, -0.2) is 11.7 Å². The second kappa shape index (κ2) is 5.37. The molecule has 1 unspecified atom stereocenters. The average Bonchev–Trinajstić information content (AvgIpc) is 2.30. The molecule has 0 aliphatic heterocycles. The molecule has 0 bridgehead atoms. The molecule has 1 aromatic rings. The van der Waals surface area contributed by atoms with Crippen LogP contribution in [0.1, 0.15) is 43.9 Å². The maximum Gasteiger partial charge on any atom is 0.120 e. The van der Waals surface area contributed by atoms with Crippen LogP contribution in [0.4, 0.5) is 0 Å². The van der Waals surface area contributed by atoms with E-state index in [0.717, 1.165) is 30.6 Å². The van der Waals surface area contributed by atoms with E-state index in [2.05, 4.69) is 26.0 Å². The molecule has 1 aliphatic rings. The van der Waals surface area contributed by atoms with Crippen LogP contribution in [-0.2, 0) is 6.42 Å². The highest BCUT2D eigenvalue weighted by Gasteiger charge is 2.18. The van der Waals surface area contributed by atoms with Gasteiger partial charge in [0.2, 0.25) is 0 Å². The van der Waals surface area contributed by atoms with Crippen LogP contribution >= 0.6 is 0 Å². The molecule has 2 heteroatoms. The molecule has 0 spiro atoms. The minimum Gasteiger partial charge on any atom is -0.490 e. The third-order valence-electron chi connectivity index (χ3n) is 3.14. The molecule has 17 heavy (non-hydrogen) atoms. The van der Waals surface area contributed by atoms with Gasteiger partial charge in [-0.2, -0.15) is 0 Å². The number of benzene rings is 1. The minimum absolute atomic E-state index is 0.314. The summed E-state index contributed by atoms with van der Waals surface area (Å²) in [7, 11) is 0. The predicted octanol–water partition coefficient (Wildman–Crippen LogP) is 3.40. The Kier molecular flexibility index (Phi) is 3.85. The van der Waals surface area contributed by atoms with Crippen molar-refractivity contribution in [2.24, 2.45) is 0 Å². The average molecular weight is 232 g/mol. The van der Waals surface area contributed by atoms with E-state index in [4.69, 9.17) is 4.74 Å². The van der Waals surface area contributed by atoms with Gasteiger partial charge in [0.15, 0.2) is 0 Å². The molecule has 1 atom stereocenters. The van der Waals surface area contributed by atoms with E-state index in [0.29, 0.717) is 6.61 Å². The van der Waals surface area contributed by atoms with Gasteiger partial charge in [0, 0.05) is 0 Å². The number of fused-ring (bicyclic) bond motifs is 1. The van der Waals surface area contributed by atoms with Crippen LogP contribution in [0.15, 0.2) is 29.8 Å². The summed E-state index contributed by atoms with van der Waals surface area (Å²) in [5, 5.41) is 9.93. The van der Waals surface area contributed by atoms with E-state index < -0.39 is 0 Å². The summed E-state index contributed by atoms with van der Waals surface area (Å²) in [6.45, 7) is 4.71. The van der Waals surface area contributed by atoms with Gasteiger partial charge in [-0.15, -0.1) is 0 Å². The molecular weight excluding hydrogens is 212 g/mol. The zero-order valence-corrected chi connectivity index (χ0v) is 10.6. The highest BCUT2D eigenvalue weighted by molar-refractivity contribution is 5.38. The Bertz CT molecular complexity index is 417. The first-order valence-corrected chi connectivity index (χ1v) is 6.24. The van der Waals surface area contributed by atoms with Crippen molar-refractivity contribution in [1.29, 1.82) is 0 Å². The van der Waals surface area contributed by atoms with Crippen LogP contribution < -0.4 is 4.74 Å². The van der Waals surface area contributed by atoms with Crippen molar-refractivity contribution < 1.29 is 9.84 Å². The van der Waals surface area contributed by atoms with Gasteiger partial charge in [-0.3, -0.25) is 0 Å². The quantitative estimate of drug-likeness (QED) is 0.809. The largest absolute Gasteiger partial charge is 0.490 e. The summed E-state index contributed by atoms with van der Waals surface area (Å²) in [5.74, 6) is 0.849. The van der Waals surface area contributed by atoms with Crippen molar-refractivity contribution >= 4 is 0 Å². The van der Waals surface area contributed by atoms with Gasteiger partial charge < -0.3 is 9.84 Å². The van der Waals surface area contributed by atoms with Crippen LogP contribution in [0, 0.1) is 0 Å². The van der Waals surface area contributed by atoms with Gasteiger partial charge in [0.05, 0.1) is 6.10 Å². The lowest BCUT2D eigenvalue weighted by molar-refractivity contribution is 0.156. The first-order chi connectivity index (χ1) is 8.16. The Labute approximate surface area is 103 Å². The number of aryl methyl sites for hydroxylation is 1. The van der Waals surface area contributed by atoms with E-state index in [1.54, 1.807) is 0 Å². The fourth-order valence-corrected chi connectivity index (χ4v) is 2.15. The van der Waals surface area contributed by atoms with Gasteiger partial charge in [0.25, 0.3) is 0 Å². The second-order valence-corrected chi connectivity index (χ2v) is 4.86. The van der Waals surface area contributed by atoms with E-state index in [9.17, 15) is 5.11 Å². The Hall–Kier alpha value is -1.28.